The standard InChI is InChI=1S/C38H40N6O6S/c45-34(16-12-30-23-51-24-41-30)39-17-2-1-3-18-40-36(47)27-5-4-6-29(19-27)42-37(48)26-9-7-25(8-10-26)21-44(31-13-14-31)38(49)28-11-15-32-33(20-28)50-22-35(46)43-32/h4-11,15,19-20,23-24,31H,1-3,12-14,16-18,21-22H2,(H,39,45)(H,40,47)(H,42,48)(H,43,46). The number of rotatable bonds is 16. The molecule has 4 N–H and O–H groups in total. The summed E-state index contributed by atoms with van der Waals surface area (Å²) >= 11 is 1.52. The van der Waals surface area contributed by atoms with Gasteiger partial charge in [0.05, 0.1) is 16.9 Å². The van der Waals surface area contributed by atoms with Crippen LogP contribution in [0.25, 0.3) is 0 Å². The smallest absolute Gasteiger partial charge is 0.262 e. The van der Waals surface area contributed by atoms with Gasteiger partial charge < -0.3 is 30.9 Å². The van der Waals surface area contributed by atoms with Crippen LogP contribution in [0.1, 0.15) is 80.9 Å². The van der Waals surface area contributed by atoms with E-state index in [1.807, 2.05) is 22.4 Å². The molecule has 4 aromatic rings. The van der Waals surface area contributed by atoms with Crippen LogP contribution in [0.3, 0.4) is 0 Å². The highest BCUT2D eigenvalue weighted by atomic mass is 32.1. The molecule has 2 heterocycles. The molecule has 1 saturated carbocycles. The molecule has 264 valence electrons. The third-order valence-electron chi connectivity index (χ3n) is 8.61. The van der Waals surface area contributed by atoms with E-state index in [0.29, 0.717) is 66.3 Å². The number of unbranched alkanes of at least 4 members (excludes halogenated alkanes) is 2. The third-order valence-corrected chi connectivity index (χ3v) is 9.25. The van der Waals surface area contributed by atoms with Crippen LogP contribution in [0.15, 0.2) is 77.6 Å². The average molecular weight is 709 g/mol. The zero-order chi connectivity index (χ0) is 35.6. The summed E-state index contributed by atoms with van der Waals surface area (Å²) in [5.74, 6) is -0.399. The fourth-order valence-corrected chi connectivity index (χ4v) is 6.27. The number of amides is 5. The minimum absolute atomic E-state index is 0.0161. The number of anilines is 2. The third kappa shape index (κ3) is 10.0. The Labute approximate surface area is 300 Å². The zero-order valence-electron chi connectivity index (χ0n) is 28.1. The summed E-state index contributed by atoms with van der Waals surface area (Å²) in [7, 11) is 0. The Bertz CT molecular complexity index is 1880. The van der Waals surface area contributed by atoms with Crippen molar-refractivity contribution in [2.75, 3.05) is 30.3 Å². The van der Waals surface area contributed by atoms with Crippen molar-refractivity contribution < 1.29 is 28.7 Å². The zero-order valence-corrected chi connectivity index (χ0v) is 28.9. The van der Waals surface area contributed by atoms with Gasteiger partial charge in [0, 0.05) is 59.9 Å². The van der Waals surface area contributed by atoms with Gasteiger partial charge in [0.15, 0.2) is 6.61 Å². The second-order valence-corrected chi connectivity index (χ2v) is 13.3. The van der Waals surface area contributed by atoms with Crippen LogP contribution in [0.2, 0.25) is 0 Å². The maximum Gasteiger partial charge on any atom is 0.262 e. The van der Waals surface area contributed by atoms with Gasteiger partial charge in [-0.25, -0.2) is 4.98 Å². The number of aryl methyl sites for hydroxylation is 1. The van der Waals surface area contributed by atoms with Gasteiger partial charge in [-0.1, -0.05) is 18.2 Å². The highest BCUT2D eigenvalue weighted by Gasteiger charge is 2.33. The molecule has 13 heteroatoms. The van der Waals surface area contributed by atoms with Crippen LogP contribution in [-0.2, 0) is 22.6 Å². The Kier molecular flexibility index (Phi) is 11.7. The van der Waals surface area contributed by atoms with Gasteiger partial charge in [-0.15, -0.1) is 11.3 Å². The maximum atomic E-state index is 13.5. The lowest BCUT2D eigenvalue weighted by Gasteiger charge is -2.24. The largest absolute Gasteiger partial charge is 0.482 e. The first kappa shape index (κ1) is 35.3. The fourth-order valence-electron chi connectivity index (χ4n) is 5.68. The number of carbonyl (C=O) groups is 5. The van der Waals surface area contributed by atoms with E-state index >= 15 is 0 Å². The molecule has 0 atom stereocenters. The van der Waals surface area contributed by atoms with Crippen LogP contribution in [0, 0.1) is 0 Å². The Hall–Kier alpha value is -5.56. The Balaban J connectivity index is 0.930. The molecule has 0 saturated heterocycles. The van der Waals surface area contributed by atoms with Crippen molar-refractivity contribution in [2.45, 2.75) is 57.5 Å². The molecule has 1 aliphatic carbocycles. The second kappa shape index (κ2) is 16.9. The van der Waals surface area contributed by atoms with E-state index < -0.39 is 0 Å². The summed E-state index contributed by atoms with van der Waals surface area (Å²) in [6.07, 6.45) is 5.39. The summed E-state index contributed by atoms with van der Waals surface area (Å²) in [6.45, 7) is 1.41. The SMILES string of the molecule is O=C(CCc1cscn1)NCCCCCNC(=O)c1cccc(NC(=O)c2ccc(CN(C(=O)c3ccc4c(c3)OCC(=O)N4)C3CC3)cc2)c1. The molecule has 0 radical (unpaired) electrons. The predicted octanol–water partition coefficient (Wildman–Crippen LogP) is 5.18. The van der Waals surface area contributed by atoms with E-state index in [-0.39, 0.29) is 42.2 Å². The summed E-state index contributed by atoms with van der Waals surface area (Å²) in [6, 6.07) is 19.1. The second-order valence-electron chi connectivity index (χ2n) is 12.6. The molecule has 0 spiro atoms. The molecule has 6 rings (SSSR count). The number of aromatic nitrogens is 1. The van der Waals surface area contributed by atoms with Crippen LogP contribution in [0.4, 0.5) is 11.4 Å². The first-order chi connectivity index (χ1) is 24.8. The van der Waals surface area contributed by atoms with Crippen LogP contribution >= 0.6 is 11.3 Å². The number of carbonyl (C=O) groups excluding carboxylic acids is 5. The highest BCUT2D eigenvalue weighted by Crippen LogP contribution is 2.33. The quantitative estimate of drug-likeness (QED) is 0.117. The van der Waals surface area contributed by atoms with Crippen molar-refractivity contribution in [3.63, 3.8) is 0 Å². The lowest BCUT2D eigenvalue weighted by Crippen LogP contribution is -2.33. The monoisotopic (exact) mass is 708 g/mol. The summed E-state index contributed by atoms with van der Waals surface area (Å²) in [4.78, 5) is 68.9. The van der Waals surface area contributed by atoms with Gasteiger partial charge in [-0.2, -0.15) is 0 Å². The molecular formula is C38H40N6O6S. The number of hydrogen-bond acceptors (Lipinski definition) is 8. The molecular weight excluding hydrogens is 669 g/mol. The number of nitrogens with one attached hydrogen (secondary N) is 4. The number of thiazole rings is 1. The number of hydrogen-bond donors (Lipinski definition) is 4. The van der Waals surface area contributed by atoms with Gasteiger partial charge in [-0.05, 0) is 92.6 Å². The minimum atomic E-state index is -0.314. The lowest BCUT2D eigenvalue weighted by molar-refractivity contribution is -0.121. The molecule has 1 aromatic heterocycles. The summed E-state index contributed by atoms with van der Waals surface area (Å²) in [5, 5.41) is 13.4. The maximum absolute atomic E-state index is 13.5. The highest BCUT2D eigenvalue weighted by molar-refractivity contribution is 7.07. The molecule has 0 unspecified atom stereocenters. The van der Waals surface area contributed by atoms with E-state index in [0.717, 1.165) is 43.4 Å². The molecule has 1 aliphatic heterocycles. The minimum Gasteiger partial charge on any atom is -0.482 e. The molecule has 0 bridgehead atoms. The Morgan fingerprint density at radius 3 is 2.43 bits per heavy atom. The van der Waals surface area contributed by atoms with Gasteiger partial charge in [0.25, 0.3) is 23.6 Å². The summed E-state index contributed by atoms with van der Waals surface area (Å²) < 4.78 is 5.49. The van der Waals surface area contributed by atoms with Gasteiger partial charge in [0.2, 0.25) is 5.91 Å². The number of ether oxygens (including phenoxy) is 1. The van der Waals surface area contributed by atoms with Crippen molar-refractivity contribution >= 4 is 52.2 Å². The molecule has 51 heavy (non-hydrogen) atoms. The molecule has 2 aliphatic rings. The van der Waals surface area contributed by atoms with Crippen molar-refractivity contribution in [1.29, 1.82) is 0 Å². The fraction of sp³-hybridized carbons (Fsp3) is 0.316. The first-order valence-electron chi connectivity index (χ1n) is 17.1. The van der Waals surface area contributed by atoms with Crippen LogP contribution < -0.4 is 26.0 Å². The number of benzene rings is 3. The van der Waals surface area contributed by atoms with E-state index in [2.05, 4.69) is 26.3 Å². The number of nitrogens with zero attached hydrogens (tertiary/aromatic N) is 2. The molecule has 5 amide bonds. The summed E-state index contributed by atoms with van der Waals surface area (Å²) in [5.41, 5.74) is 6.01. The molecule has 1 fully saturated rings. The van der Waals surface area contributed by atoms with E-state index in [1.165, 1.54) is 11.3 Å². The Morgan fingerprint density at radius 1 is 0.882 bits per heavy atom. The van der Waals surface area contributed by atoms with E-state index in [1.54, 1.807) is 60.1 Å². The van der Waals surface area contributed by atoms with E-state index in [9.17, 15) is 24.0 Å². The van der Waals surface area contributed by atoms with Gasteiger partial charge in [-0.3, -0.25) is 24.0 Å². The average Bonchev–Trinajstić information content (AvgIpc) is 3.85. The van der Waals surface area contributed by atoms with Crippen molar-refractivity contribution in [3.8, 4) is 5.75 Å². The molecule has 3 aromatic carbocycles. The normalized spacial score (nSPS) is 13.3. The van der Waals surface area contributed by atoms with Gasteiger partial charge >= 0.3 is 0 Å². The first-order valence-corrected chi connectivity index (χ1v) is 18.1. The van der Waals surface area contributed by atoms with Crippen molar-refractivity contribution in [1.82, 2.24) is 20.5 Å². The van der Waals surface area contributed by atoms with E-state index in [4.69, 9.17) is 4.74 Å². The van der Waals surface area contributed by atoms with Crippen LogP contribution in [0.5, 0.6) is 5.75 Å². The predicted molar refractivity (Wildman–Crippen MR) is 194 cm³/mol. The van der Waals surface area contributed by atoms with Crippen molar-refractivity contribution in [3.05, 3.63) is 106 Å². The topological polar surface area (TPSA) is 159 Å². The van der Waals surface area contributed by atoms with Crippen molar-refractivity contribution in [2.24, 2.45) is 0 Å². The van der Waals surface area contributed by atoms with Gasteiger partial charge in [0.1, 0.15) is 5.75 Å². The molecule has 12 nitrogen and oxygen atoms in total. The number of fused-ring (bicyclic) bond motifs is 1. The van der Waals surface area contributed by atoms with Crippen LogP contribution in [-0.4, -0.2) is 65.2 Å². The Morgan fingerprint density at radius 2 is 1.67 bits per heavy atom. The lowest BCUT2D eigenvalue weighted by atomic mass is 10.1.